The van der Waals surface area contributed by atoms with E-state index < -0.39 is 17.9 Å². The van der Waals surface area contributed by atoms with Gasteiger partial charge in [0.05, 0.1) is 13.0 Å². The first-order chi connectivity index (χ1) is 11.1. The number of carbonyl (C=O) groups excluding carboxylic acids is 2. The van der Waals surface area contributed by atoms with E-state index in [2.05, 4.69) is 10.5 Å². The van der Waals surface area contributed by atoms with Gasteiger partial charge in [0.15, 0.2) is 11.5 Å². The molecule has 0 radical (unpaired) electrons. The fourth-order valence-electron chi connectivity index (χ4n) is 2.49. The summed E-state index contributed by atoms with van der Waals surface area (Å²) in [5.41, 5.74) is 3.50. The number of methoxy groups -OCH3 is 1. The summed E-state index contributed by atoms with van der Waals surface area (Å²) in [6.45, 7) is 0. The Bertz CT molecular complexity index is 756. The smallest absolute Gasteiger partial charge is 0.354 e. The van der Waals surface area contributed by atoms with Crippen molar-refractivity contribution in [1.29, 1.82) is 0 Å². The molecule has 0 aliphatic carbocycles. The number of ketones is 1. The topological polar surface area (TPSA) is 67.8 Å². The van der Waals surface area contributed by atoms with Crippen molar-refractivity contribution in [2.45, 2.75) is 12.0 Å². The molecule has 0 fully saturated rings. The molecule has 3 rings (SSSR count). The molecule has 1 aliphatic rings. The summed E-state index contributed by atoms with van der Waals surface area (Å²) in [6.07, 6.45) is 0. The first-order valence-corrected chi connectivity index (χ1v) is 8.12. The number of hydrogen-bond donors (Lipinski definition) is 1. The molecule has 0 amide bonds. The highest BCUT2D eigenvalue weighted by molar-refractivity contribution is 7.10. The van der Waals surface area contributed by atoms with Crippen LogP contribution in [0.4, 0.5) is 0 Å². The van der Waals surface area contributed by atoms with Crippen molar-refractivity contribution < 1.29 is 14.3 Å². The molecular formula is C16H13ClN2O3S. The summed E-state index contributed by atoms with van der Waals surface area (Å²) in [7, 11) is 1.30. The maximum atomic E-state index is 12.8. The molecular weight excluding hydrogens is 336 g/mol. The molecule has 1 N–H and O–H groups in total. The second kappa shape index (κ2) is 6.52. The van der Waals surface area contributed by atoms with Crippen LogP contribution in [0.2, 0.25) is 5.02 Å². The van der Waals surface area contributed by atoms with Gasteiger partial charge in [0.25, 0.3) is 0 Å². The van der Waals surface area contributed by atoms with Crippen molar-refractivity contribution in [1.82, 2.24) is 5.43 Å². The van der Waals surface area contributed by atoms with Gasteiger partial charge in [-0.2, -0.15) is 5.10 Å². The lowest BCUT2D eigenvalue weighted by Crippen LogP contribution is -2.37. The number of ether oxygens (including phenoxy) is 1. The van der Waals surface area contributed by atoms with E-state index in [1.54, 1.807) is 24.3 Å². The third kappa shape index (κ3) is 3.00. The van der Waals surface area contributed by atoms with Gasteiger partial charge in [-0.3, -0.25) is 10.2 Å². The lowest BCUT2D eigenvalue weighted by Gasteiger charge is -2.18. The number of hydrogen-bond acceptors (Lipinski definition) is 6. The molecule has 118 valence electrons. The Kier molecular flexibility index (Phi) is 4.45. The van der Waals surface area contributed by atoms with Crippen LogP contribution in [0, 0.1) is 0 Å². The van der Waals surface area contributed by atoms with Crippen molar-refractivity contribution in [2.24, 2.45) is 5.10 Å². The van der Waals surface area contributed by atoms with Crippen LogP contribution in [0.5, 0.6) is 0 Å². The Balaban J connectivity index is 1.94. The molecule has 5 nitrogen and oxygen atoms in total. The average molecular weight is 349 g/mol. The molecule has 7 heteroatoms. The molecule has 2 atom stereocenters. The summed E-state index contributed by atoms with van der Waals surface area (Å²) in [5, 5.41) is 6.49. The van der Waals surface area contributed by atoms with Crippen LogP contribution >= 0.6 is 22.9 Å². The van der Waals surface area contributed by atoms with E-state index in [1.165, 1.54) is 18.4 Å². The number of rotatable bonds is 4. The highest BCUT2D eigenvalue weighted by Crippen LogP contribution is 2.31. The standard InChI is InChI=1S/C16H13ClN2O3S/c1-22-16(21)14-12(11-3-2-8-23-11)13(18-19-14)15(20)9-4-6-10(17)7-5-9/h2-8,12-13,18H,1H3. The molecule has 1 aromatic carbocycles. The van der Waals surface area contributed by atoms with Gasteiger partial charge in [0.1, 0.15) is 6.04 Å². The van der Waals surface area contributed by atoms with Crippen molar-refractivity contribution in [3.63, 3.8) is 0 Å². The van der Waals surface area contributed by atoms with E-state index in [4.69, 9.17) is 16.3 Å². The van der Waals surface area contributed by atoms with Gasteiger partial charge < -0.3 is 4.74 Å². The van der Waals surface area contributed by atoms with E-state index >= 15 is 0 Å². The van der Waals surface area contributed by atoms with Gasteiger partial charge in [0, 0.05) is 15.5 Å². The monoisotopic (exact) mass is 348 g/mol. The average Bonchev–Trinajstić information content (AvgIpc) is 3.23. The number of nitrogens with one attached hydrogen (secondary N) is 1. The molecule has 1 aromatic heterocycles. The number of halogens is 1. The largest absolute Gasteiger partial charge is 0.464 e. The van der Waals surface area contributed by atoms with Crippen LogP contribution in [0.15, 0.2) is 46.9 Å². The molecule has 2 heterocycles. The summed E-state index contributed by atoms with van der Waals surface area (Å²) in [5.74, 6) is -1.16. The van der Waals surface area contributed by atoms with E-state index in [1.807, 2.05) is 17.5 Å². The summed E-state index contributed by atoms with van der Waals surface area (Å²) in [4.78, 5) is 25.6. The summed E-state index contributed by atoms with van der Waals surface area (Å²) < 4.78 is 4.78. The van der Waals surface area contributed by atoms with Gasteiger partial charge in [-0.1, -0.05) is 17.7 Å². The fourth-order valence-corrected chi connectivity index (χ4v) is 3.48. The lowest BCUT2D eigenvalue weighted by atomic mass is 9.89. The first kappa shape index (κ1) is 15.7. The van der Waals surface area contributed by atoms with E-state index in [-0.39, 0.29) is 11.5 Å². The molecule has 1 aliphatic heterocycles. The summed E-state index contributed by atoms with van der Waals surface area (Å²) in [6, 6.07) is 9.74. The number of Topliss-reactive ketones (excluding diaryl/α,β-unsaturated/α-hetero) is 1. The Morgan fingerprint density at radius 1 is 1.26 bits per heavy atom. The molecule has 0 bridgehead atoms. The normalized spacial score (nSPS) is 19.8. The van der Waals surface area contributed by atoms with Crippen molar-refractivity contribution >= 4 is 40.4 Å². The van der Waals surface area contributed by atoms with Crippen LogP contribution in [0.1, 0.15) is 21.2 Å². The van der Waals surface area contributed by atoms with Gasteiger partial charge in [-0.15, -0.1) is 11.3 Å². The predicted octanol–water partition coefficient (Wildman–Crippen LogP) is 2.87. The van der Waals surface area contributed by atoms with Crippen LogP contribution in [0.3, 0.4) is 0 Å². The zero-order valence-corrected chi connectivity index (χ0v) is 13.7. The minimum absolute atomic E-state index is 0.150. The fraction of sp³-hybridized carbons (Fsp3) is 0.188. The molecule has 0 saturated heterocycles. The second-order valence-corrected chi connectivity index (χ2v) is 6.38. The number of carbonyl (C=O) groups is 2. The Morgan fingerprint density at radius 2 is 2.00 bits per heavy atom. The minimum Gasteiger partial charge on any atom is -0.464 e. The van der Waals surface area contributed by atoms with Gasteiger partial charge in [-0.25, -0.2) is 4.79 Å². The molecule has 23 heavy (non-hydrogen) atoms. The van der Waals surface area contributed by atoms with Crippen molar-refractivity contribution in [3.8, 4) is 0 Å². The van der Waals surface area contributed by atoms with Gasteiger partial charge in [0.2, 0.25) is 0 Å². The maximum absolute atomic E-state index is 12.8. The SMILES string of the molecule is COC(=O)C1=NNC(C(=O)c2ccc(Cl)cc2)C1c1cccs1. The van der Waals surface area contributed by atoms with Crippen molar-refractivity contribution in [2.75, 3.05) is 7.11 Å². The molecule has 0 spiro atoms. The van der Waals surface area contributed by atoms with E-state index in [0.717, 1.165) is 4.88 Å². The third-order valence-electron chi connectivity index (χ3n) is 3.61. The third-order valence-corrected chi connectivity index (χ3v) is 4.81. The maximum Gasteiger partial charge on any atom is 0.354 e. The first-order valence-electron chi connectivity index (χ1n) is 6.86. The number of thiophene rings is 1. The highest BCUT2D eigenvalue weighted by atomic mass is 35.5. The zero-order chi connectivity index (χ0) is 16.4. The Morgan fingerprint density at radius 3 is 2.61 bits per heavy atom. The van der Waals surface area contributed by atoms with Crippen LogP contribution < -0.4 is 5.43 Å². The summed E-state index contributed by atoms with van der Waals surface area (Å²) >= 11 is 7.33. The molecule has 2 aromatic rings. The number of nitrogens with zero attached hydrogens (tertiary/aromatic N) is 1. The molecule has 0 saturated carbocycles. The zero-order valence-electron chi connectivity index (χ0n) is 12.2. The highest BCUT2D eigenvalue weighted by Gasteiger charge is 2.42. The number of hydrazone groups is 1. The quantitative estimate of drug-likeness (QED) is 0.681. The minimum atomic E-state index is -0.649. The number of esters is 1. The molecule has 2 unspecified atom stereocenters. The van der Waals surface area contributed by atoms with E-state index in [9.17, 15) is 9.59 Å². The van der Waals surface area contributed by atoms with Crippen LogP contribution in [0.25, 0.3) is 0 Å². The van der Waals surface area contributed by atoms with Crippen molar-refractivity contribution in [3.05, 3.63) is 57.2 Å². The van der Waals surface area contributed by atoms with Gasteiger partial charge in [-0.05, 0) is 35.7 Å². The van der Waals surface area contributed by atoms with Crippen LogP contribution in [-0.4, -0.2) is 30.6 Å². The second-order valence-electron chi connectivity index (χ2n) is 4.96. The van der Waals surface area contributed by atoms with Crippen LogP contribution in [-0.2, 0) is 9.53 Å². The Labute approximate surface area is 141 Å². The van der Waals surface area contributed by atoms with E-state index in [0.29, 0.717) is 10.6 Å². The predicted molar refractivity (Wildman–Crippen MR) is 89.2 cm³/mol. The number of benzene rings is 1. The Hall–Kier alpha value is -2.18. The van der Waals surface area contributed by atoms with Gasteiger partial charge >= 0.3 is 5.97 Å². The lowest BCUT2D eigenvalue weighted by molar-refractivity contribution is -0.132.